The molecule has 0 saturated carbocycles. The molecular formula is C37H39F6N3O6. The molecule has 1 aromatic heterocycles. The van der Waals surface area contributed by atoms with E-state index in [4.69, 9.17) is 24.1 Å². The lowest BCUT2D eigenvalue weighted by atomic mass is 9.90. The average molecular weight is 736 g/mol. The van der Waals surface area contributed by atoms with Gasteiger partial charge in [0.15, 0.2) is 17.2 Å². The summed E-state index contributed by atoms with van der Waals surface area (Å²) in [4.78, 5) is 20.9. The number of carboxylic acids is 1. The van der Waals surface area contributed by atoms with Crippen molar-refractivity contribution < 1.29 is 55.2 Å². The molecule has 0 atom stereocenters. The van der Waals surface area contributed by atoms with Crippen molar-refractivity contribution in [3.63, 3.8) is 0 Å². The zero-order valence-corrected chi connectivity index (χ0v) is 29.4. The number of hydrogen-bond acceptors (Lipinski definition) is 8. The summed E-state index contributed by atoms with van der Waals surface area (Å²) < 4.78 is 106. The number of methoxy groups -OCH3 is 3. The van der Waals surface area contributed by atoms with Gasteiger partial charge >= 0.3 is 18.3 Å². The molecule has 15 heteroatoms. The Morgan fingerprint density at radius 2 is 1.37 bits per heavy atom. The number of anilines is 1. The predicted molar refractivity (Wildman–Crippen MR) is 181 cm³/mol. The van der Waals surface area contributed by atoms with Crippen LogP contribution in [-0.4, -0.2) is 49.0 Å². The van der Waals surface area contributed by atoms with E-state index in [9.17, 15) is 31.1 Å². The van der Waals surface area contributed by atoms with Crippen LogP contribution in [0.4, 0.5) is 32.3 Å². The Kier molecular flexibility index (Phi) is 12.5. The lowest BCUT2D eigenvalue weighted by Crippen LogP contribution is -2.25. The normalized spacial score (nSPS) is 11.8. The lowest BCUT2D eigenvalue weighted by molar-refractivity contribution is -0.143. The van der Waals surface area contributed by atoms with Crippen LogP contribution in [0, 0.1) is 6.92 Å². The third-order valence-electron chi connectivity index (χ3n) is 8.19. The number of nitrogens with zero attached hydrogens (tertiary/aromatic N) is 3. The van der Waals surface area contributed by atoms with Crippen LogP contribution in [0.2, 0.25) is 0 Å². The molecule has 0 aliphatic heterocycles. The van der Waals surface area contributed by atoms with Gasteiger partial charge in [0, 0.05) is 25.1 Å². The summed E-state index contributed by atoms with van der Waals surface area (Å²) in [5.74, 6) is 0.498. The smallest absolute Gasteiger partial charge is 0.416 e. The van der Waals surface area contributed by atoms with Crippen LogP contribution in [0.25, 0.3) is 11.1 Å². The van der Waals surface area contributed by atoms with Gasteiger partial charge in [-0.3, -0.25) is 4.79 Å². The highest BCUT2D eigenvalue weighted by Crippen LogP contribution is 2.43. The molecular weight excluding hydrogens is 696 g/mol. The maximum atomic E-state index is 13.9. The molecule has 0 aliphatic carbocycles. The fraction of sp³-hybridized carbons (Fsp3) is 0.378. The Balaban J connectivity index is 1.90. The van der Waals surface area contributed by atoms with Crippen LogP contribution in [0.3, 0.4) is 0 Å². The van der Waals surface area contributed by atoms with Crippen molar-refractivity contribution in [2.75, 3.05) is 32.8 Å². The first-order chi connectivity index (χ1) is 24.4. The van der Waals surface area contributed by atoms with Crippen LogP contribution < -0.4 is 23.8 Å². The van der Waals surface area contributed by atoms with Crippen molar-refractivity contribution in [1.29, 1.82) is 0 Å². The molecule has 4 rings (SSSR count). The van der Waals surface area contributed by atoms with Crippen LogP contribution in [0.5, 0.6) is 23.0 Å². The molecule has 1 N–H and O–H groups in total. The molecule has 52 heavy (non-hydrogen) atoms. The number of carbonyl (C=O) groups is 1. The fourth-order valence-electron chi connectivity index (χ4n) is 5.70. The minimum Gasteiger partial charge on any atom is -0.496 e. The molecule has 0 fully saturated rings. The zero-order valence-electron chi connectivity index (χ0n) is 29.4. The van der Waals surface area contributed by atoms with Crippen LogP contribution in [0.15, 0.2) is 54.9 Å². The summed E-state index contributed by atoms with van der Waals surface area (Å²) in [6.45, 7) is 5.49. The number of benzene rings is 3. The van der Waals surface area contributed by atoms with Crippen molar-refractivity contribution >= 4 is 11.9 Å². The molecule has 0 spiro atoms. The minimum atomic E-state index is -5.05. The van der Waals surface area contributed by atoms with Gasteiger partial charge in [-0.1, -0.05) is 13.8 Å². The van der Waals surface area contributed by atoms with Gasteiger partial charge in [-0.15, -0.1) is 0 Å². The molecule has 0 unspecified atom stereocenters. The molecule has 0 aliphatic rings. The summed E-state index contributed by atoms with van der Waals surface area (Å²) in [5, 5.41) is 8.87. The van der Waals surface area contributed by atoms with Gasteiger partial charge < -0.3 is 29.0 Å². The largest absolute Gasteiger partial charge is 0.496 e. The van der Waals surface area contributed by atoms with Gasteiger partial charge in [0.25, 0.3) is 0 Å². The Morgan fingerprint density at radius 3 is 1.88 bits per heavy atom. The van der Waals surface area contributed by atoms with E-state index in [0.717, 1.165) is 11.1 Å². The SMILES string of the molecule is COc1cc(CN(Cc2cc(C(F)(F)F)cc(C(F)(F)F)c2)c2ncc(OCCCC(=O)O)cn2)c(-c2cc(C(C)C)c(C)cc2OC)cc1OC. The van der Waals surface area contributed by atoms with Crippen LogP contribution >= 0.6 is 0 Å². The standard InChI is InChI=1S/C37H39F6N3O6/c1-21(2)28-15-30(31(49-4)10-22(28)3)29-16-33(51-6)32(50-5)13-24(29)20-46(35-44-17-27(18-45-35)52-9-7-8-34(47)48)19-23-11-25(36(38,39)40)14-26(12-23)37(41,42)43/h10-18,21H,7-9,19-20H2,1-6H3,(H,47,48). The predicted octanol–water partition coefficient (Wildman–Crippen LogP) is 9.09. The number of halogens is 6. The van der Waals surface area contributed by atoms with E-state index >= 15 is 0 Å². The molecule has 0 saturated heterocycles. The molecule has 9 nitrogen and oxygen atoms in total. The van der Waals surface area contributed by atoms with E-state index in [1.54, 1.807) is 12.1 Å². The van der Waals surface area contributed by atoms with Crippen LogP contribution in [0.1, 0.15) is 66.0 Å². The highest BCUT2D eigenvalue weighted by molar-refractivity contribution is 5.78. The first kappa shape index (κ1) is 39.6. The summed E-state index contributed by atoms with van der Waals surface area (Å²) in [5.41, 5.74) is 0.604. The van der Waals surface area contributed by atoms with E-state index < -0.39 is 36.0 Å². The summed E-state index contributed by atoms with van der Waals surface area (Å²) in [6.07, 6.45) is -7.44. The Labute approximate surface area is 297 Å². The number of alkyl halides is 6. The highest BCUT2D eigenvalue weighted by Gasteiger charge is 2.37. The third kappa shape index (κ3) is 9.76. The van der Waals surface area contributed by atoms with Crippen LogP contribution in [-0.2, 0) is 30.2 Å². The molecule has 1 heterocycles. The fourth-order valence-corrected chi connectivity index (χ4v) is 5.70. The maximum Gasteiger partial charge on any atom is 0.416 e. The Morgan fingerprint density at radius 1 is 0.788 bits per heavy atom. The van der Waals surface area contributed by atoms with E-state index in [1.807, 2.05) is 32.9 Å². The second kappa shape index (κ2) is 16.4. The molecule has 0 bridgehead atoms. The van der Waals surface area contributed by atoms with Gasteiger partial charge in [0.2, 0.25) is 5.95 Å². The Bertz CT molecular complexity index is 1830. The number of carboxylic acid groups (broad SMARTS) is 1. The van der Waals surface area contributed by atoms with Gasteiger partial charge in [-0.2, -0.15) is 26.3 Å². The number of aliphatic carboxylic acids is 1. The first-order valence-corrected chi connectivity index (χ1v) is 16.1. The number of rotatable bonds is 15. The van der Waals surface area contributed by atoms with E-state index in [2.05, 4.69) is 9.97 Å². The highest BCUT2D eigenvalue weighted by atomic mass is 19.4. The quantitative estimate of drug-likeness (QED) is 0.0946. The van der Waals surface area contributed by atoms with E-state index in [-0.39, 0.29) is 55.2 Å². The molecule has 4 aromatic rings. The van der Waals surface area contributed by atoms with Gasteiger partial charge in [-0.05, 0) is 89.5 Å². The minimum absolute atomic E-state index is 0.0386. The van der Waals surface area contributed by atoms with Crippen molar-refractivity contribution in [3.8, 4) is 34.1 Å². The monoisotopic (exact) mass is 735 g/mol. The van der Waals surface area contributed by atoms with Crippen molar-refractivity contribution in [2.45, 2.75) is 65.0 Å². The van der Waals surface area contributed by atoms with Crippen molar-refractivity contribution in [1.82, 2.24) is 9.97 Å². The molecule has 280 valence electrons. The molecule has 0 radical (unpaired) electrons. The van der Waals surface area contributed by atoms with Gasteiger partial charge in [-0.25, -0.2) is 9.97 Å². The second-order valence-corrected chi connectivity index (χ2v) is 12.3. The molecule has 3 aromatic carbocycles. The topological polar surface area (TPSA) is 103 Å². The Hall–Kier alpha value is -5.21. The van der Waals surface area contributed by atoms with Crippen molar-refractivity contribution in [3.05, 3.63) is 88.2 Å². The second-order valence-electron chi connectivity index (χ2n) is 12.3. The van der Waals surface area contributed by atoms with Gasteiger partial charge in [0.1, 0.15) is 5.75 Å². The third-order valence-corrected chi connectivity index (χ3v) is 8.19. The number of aromatic nitrogens is 2. The molecule has 0 amide bonds. The number of hydrogen-bond donors (Lipinski definition) is 1. The van der Waals surface area contributed by atoms with E-state index in [0.29, 0.717) is 46.1 Å². The number of aryl methyl sites for hydroxylation is 1. The summed E-state index contributed by atoms with van der Waals surface area (Å²) in [7, 11) is 4.41. The maximum absolute atomic E-state index is 13.9. The van der Waals surface area contributed by atoms with Crippen molar-refractivity contribution in [2.24, 2.45) is 0 Å². The first-order valence-electron chi connectivity index (χ1n) is 16.1. The van der Waals surface area contributed by atoms with E-state index in [1.165, 1.54) is 38.6 Å². The summed E-state index contributed by atoms with van der Waals surface area (Å²) in [6, 6.07) is 8.66. The lowest BCUT2D eigenvalue weighted by Gasteiger charge is -2.26. The number of ether oxygens (including phenoxy) is 4. The summed E-state index contributed by atoms with van der Waals surface area (Å²) >= 11 is 0. The average Bonchev–Trinajstić information content (AvgIpc) is 3.08. The zero-order chi connectivity index (χ0) is 38.4. The van der Waals surface area contributed by atoms with Gasteiger partial charge in [0.05, 0.1) is 51.5 Å².